The van der Waals surface area contributed by atoms with E-state index in [1.807, 2.05) is 13.8 Å². The molecule has 1 amide bonds. The zero-order valence-electron chi connectivity index (χ0n) is 12.8. The third-order valence-electron chi connectivity index (χ3n) is 2.81. The molecule has 0 saturated carbocycles. The average molecular weight is 279 g/mol. The van der Waals surface area contributed by atoms with Crippen LogP contribution in [0.15, 0.2) is 18.3 Å². The van der Waals surface area contributed by atoms with Crippen LogP contribution in [0.25, 0.3) is 0 Å². The number of nitrogens with one attached hydrogen (secondary N) is 1. The molecule has 0 atom stereocenters. The van der Waals surface area contributed by atoms with E-state index in [9.17, 15) is 4.79 Å². The van der Waals surface area contributed by atoms with Crippen molar-refractivity contribution in [2.45, 2.75) is 33.3 Å². The molecule has 0 radical (unpaired) electrons. The van der Waals surface area contributed by atoms with Gasteiger partial charge in [-0.2, -0.15) is 0 Å². The number of carbonyl (C=O) groups is 1. The van der Waals surface area contributed by atoms with E-state index in [0.717, 1.165) is 13.0 Å². The van der Waals surface area contributed by atoms with Crippen LogP contribution in [0.3, 0.4) is 0 Å². The Bertz CT molecular complexity index is 421. The Morgan fingerprint density at radius 2 is 2.25 bits per heavy atom. The Labute approximate surface area is 121 Å². The maximum Gasteiger partial charge on any atom is 0.257 e. The van der Waals surface area contributed by atoms with E-state index in [1.165, 1.54) is 0 Å². The molecule has 1 aromatic heterocycles. The molecule has 5 heteroatoms. The second-order valence-electron chi connectivity index (χ2n) is 4.97. The highest BCUT2D eigenvalue weighted by Gasteiger charge is 2.16. The number of pyridine rings is 1. The number of ether oxygens (including phenoxy) is 1. The number of anilines is 1. The van der Waals surface area contributed by atoms with E-state index in [0.29, 0.717) is 24.5 Å². The fourth-order valence-corrected chi connectivity index (χ4v) is 1.69. The number of amides is 1. The summed E-state index contributed by atoms with van der Waals surface area (Å²) >= 11 is 0. The van der Waals surface area contributed by atoms with E-state index in [2.05, 4.69) is 17.2 Å². The Balaban J connectivity index is 2.65. The molecule has 0 bridgehead atoms. The van der Waals surface area contributed by atoms with Gasteiger partial charge in [0.15, 0.2) is 0 Å². The standard InChI is InChI=1S/C15H25N3O2/c1-5-8-16-14-13(7-6-9-17-14)15(19)18(4)10-11-20-12(2)3/h6-7,9,12H,5,8,10-11H2,1-4H3,(H,16,17). The molecule has 20 heavy (non-hydrogen) atoms. The Morgan fingerprint density at radius 1 is 1.50 bits per heavy atom. The Hall–Kier alpha value is -1.62. The van der Waals surface area contributed by atoms with Gasteiger partial charge in [-0.15, -0.1) is 0 Å². The molecule has 0 saturated heterocycles. The fourth-order valence-electron chi connectivity index (χ4n) is 1.69. The molecular formula is C15H25N3O2. The predicted octanol–water partition coefficient (Wildman–Crippen LogP) is 2.40. The molecule has 0 aliphatic heterocycles. The topological polar surface area (TPSA) is 54.5 Å². The first kappa shape index (κ1) is 16.4. The van der Waals surface area contributed by atoms with Gasteiger partial charge in [-0.25, -0.2) is 4.98 Å². The average Bonchev–Trinajstić information content (AvgIpc) is 2.44. The van der Waals surface area contributed by atoms with Crippen molar-refractivity contribution in [2.75, 3.05) is 32.1 Å². The highest BCUT2D eigenvalue weighted by molar-refractivity contribution is 5.98. The second kappa shape index (κ2) is 8.53. The van der Waals surface area contributed by atoms with E-state index < -0.39 is 0 Å². The zero-order valence-corrected chi connectivity index (χ0v) is 12.8. The SMILES string of the molecule is CCCNc1ncccc1C(=O)N(C)CCOC(C)C. The number of aromatic nitrogens is 1. The highest BCUT2D eigenvalue weighted by atomic mass is 16.5. The maximum atomic E-state index is 12.4. The third-order valence-corrected chi connectivity index (χ3v) is 2.81. The fraction of sp³-hybridized carbons (Fsp3) is 0.600. The van der Waals surface area contributed by atoms with Crippen molar-refractivity contribution in [3.8, 4) is 0 Å². The summed E-state index contributed by atoms with van der Waals surface area (Å²) in [5.74, 6) is 0.611. The van der Waals surface area contributed by atoms with E-state index in [4.69, 9.17) is 4.74 Å². The van der Waals surface area contributed by atoms with Crippen molar-refractivity contribution in [1.29, 1.82) is 0 Å². The predicted molar refractivity (Wildman–Crippen MR) is 81.1 cm³/mol. The van der Waals surface area contributed by atoms with Gasteiger partial charge in [0.25, 0.3) is 5.91 Å². The van der Waals surface area contributed by atoms with Crippen LogP contribution in [0.1, 0.15) is 37.6 Å². The van der Waals surface area contributed by atoms with Crippen LogP contribution in [0.4, 0.5) is 5.82 Å². The van der Waals surface area contributed by atoms with Crippen LogP contribution in [-0.4, -0.2) is 48.6 Å². The van der Waals surface area contributed by atoms with Gasteiger partial charge in [0.1, 0.15) is 5.82 Å². The van der Waals surface area contributed by atoms with Crippen LogP contribution in [0.2, 0.25) is 0 Å². The molecule has 5 nitrogen and oxygen atoms in total. The van der Waals surface area contributed by atoms with Gasteiger partial charge >= 0.3 is 0 Å². The van der Waals surface area contributed by atoms with Crippen molar-refractivity contribution in [2.24, 2.45) is 0 Å². The van der Waals surface area contributed by atoms with Crippen molar-refractivity contribution in [1.82, 2.24) is 9.88 Å². The lowest BCUT2D eigenvalue weighted by atomic mass is 10.2. The molecule has 1 aromatic rings. The van der Waals surface area contributed by atoms with Crippen LogP contribution >= 0.6 is 0 Å². The van der Waals surface area contributed by atoms with Gasteiger partial charge in [-0.05, 0) is 32.4 Å². The van der Waals surface area contributed by atoms with Crippen molar-refractivity contribution >= 4 is 11.7 Å². The minimum atomic E-state index is -0.0379. The van der Waals surface area contributed by atoms with Crippen molar-refractivity contribution in [3.05, 3.63) is 23.9 Å². The summed E-state index contributed by atoms with van der Waals surface area (Å²) in [5.41, 5.74) is 0.605. The van der Waals surface area contributed by atoms with Gasteiger partial charge in [0.2, 0.25) is 0 Å². The summed E-state index contributed by atoms with van der Waals surface area (Å²) in [6.45, 7) is 7.95. The van der Waals surface area contributed by atoms with E-state index in [1.54, 1.807) is 30.3 Å². The Kier molecular flexibility index (Phi) is 7.01. The third kappa shape index (κ3) is 5.17. The van der Waals surface area contributed by atoms with E-state index >= 15 is 0 Å². The van der Waals surface area contributed by atoms with Crippen LogP contribution < -0.4 is 5.32 Å². The van der Waals surface area contributed by atoms with Crippen molar-refractivity contribution in [3.63, 3.8) is 0 Å². The lowest BCUT2D eigenvalue weighted by molar-refractivity contribution is 0.0532. The van der Waals surface area contributed by atoms with Crippen LogP contribution in [0, 0.1) is 0 Å². The summed E-state index contributed by atoms with van der Waals surface area (Å²) in [5, 5.41) is 3.18. The van der Waals surface area contributed by atoms with Crippen LogP contribution in [0.5, 0.6) is 0 Å². The summed E-state index contributed by atoms with van der Waals surface area (Å²) in [7, 11) is 1.78. The number of likely N-dealkylation sites (N-methyl/N-ethyl adjacent to an activating group) is 1. The largest absolute Gasteiger partial charge is 0.377 e. The molecule has 0 aliphatic rings. The molecule has 0 unspecified atom stereocenters. The molecule has 0 aromatic carbocycles. The number of carbonyl (C=O) groups excluding carboxylic acids is 1. The molecule has 1 heterocycles. The number of nitrogens with zero attached hydrogens (tertiary/aromatic N) is 2. The molecular weight excluding hydrogens is 254 g/mol. The lowest BCUT2D eigenvalue weighted by Gasteiger charge is -2.19. The maximum absolute atomic E-state index is 12.4. The Morgan fingerprint density at radius 3 is 2.90 bits per heavy atom. The molecule has 112 valence electrons. The second-order valence-corrected chi connectivity index (χ2v) is 4.97. The number of hydrogen-bond acceptors (Lipinski definition) is 4. The summed E-state index contributed by atoms with van der Waals surface area (Å²) < 4.78 is 5.47. The first-order valence-electron chi connectivity index (χ1n) is 7.12. The molecule has 1 rings (SSSR count). The highest BCUT2D eigenvalue weighted by Crippen LogP contribution is 2.13. The van der Waals surface area contributed by atoms with Gasteiger partial charge in [-0.1, -0.05) is 6.92 Å². The smallest absolute Gasteiger partial charge is 0.257 e. The summed E-state index contributed by atoms with van der Waals surface area (Å²) in [6.07, 6.45) is 2.86. The molecule has 0 aliphatic carbocycles. The van der Waals surface area contributed by atoms with Gasteiger partial charge in [-0.3, -0.25) is 4.79 Å². The normalized spacial score (nSPS) is 10.7. The minimum Gasteiger partial charge on any atom is -0.377 e. The van der Waals surface area contributed by atoms with Crippen LogP contribution in [-0.2, 0) is 4.74 Å². The minimum absolute atomic E-state index is 0.0379. The summed E-state index contributed by atoms with van der Waals surface area (Å²) in [6, 6.07) is 3.58. The number of rotatable bonds is 8. The molecule has 1 N–H and O–H groups in total. The quantitative estimate of drug-likeness (QED) is 0.794. The summed E-state index contributed by atoms with van der Waals surface area (Å²) in [4.78, 5) is 18.3. The van der Waals surface area contributed by atoms with Gasteiger partial charge in [0.05, 0.1) is 18.3 Å². The molecule has 0 fully saturated rings. The van der Waals surface area contributed by atoms with Gasteiger partial charge in [0, 0.05) is 26.3 Å². The monoisotopic (exact) mass is 279 g/mol. The van der Waals surface area contributed by atoms with E-state index in [-0.39, 0.29) is 12.0 Å². The van der Waals surface area contributed by atoms with Gasteiger partial charge < -0.3 is 15.0 Å². The zero-order chi connectivity index (χ0) is 15.0. The van der Waals surface area contributed by atoms with Crippen molar-refractivity contribution < 1.29 is 9.53 Å². The first-order valence-corrected chi connectivity index (χ1v) is 7.12. The lowest BCUT2D eigenvalue weighted by Crippen LogP contribution is -2.31. The molecule has 0 spiro atoms. The number of hydrogen-bond donors (Lipinski definition) is 1. The first-order chi connectivity index (χ1) is 9.56.